The van der Waals surface area contributed by atoms with E-state index in [4.69, 9.17) is 0 Å². The fraction of sp³-hybridized carbons (Fsp3) is 1.00. The molecule has 4 rings (SSSR count). The van der Waals surface area contributed by atoms with Gasteiger partial charge in [0, 0.05) is 6.54 Å². The molecule has 120 valence electrons. The molecule has 0 radical (unpaired) electrons. The molecule has 4 aliphatic rings. The third-order valence-electron chi connectivity index (χ3n) is 7.69. The number of hydrogen-bond donors (Lipinski definition) is 1. The minimum absolute atomic E-state index is 0.701. The van der Waals surface area contributed by atoms with E-state index in [1.54, 1.807) is 57.8 Å². The zero-order valence-corrected chi connectivity index (χ0v) is 14.2. The van der Waals surface area contributed by atoms with Crippen LogP contribution >= 0.6 is 0 Å². The van der Waals surface area contributed by atoms with Gasteiger partial charge in [-0.05, 0) is 92.4 Å². The van der Waals surface area contributed by atoms with Crippen LogP contribution in [0.2, 0.25) is 0 Å². The molecule has 0 aliphatic heterocycles. The van der Waals surface area contributed by atoms with Gasteiger partial charge in [0.15, 0.2) is 0 Å². The monoisotopic (exact) mass is 289 g/mol. The van der Waals surface area contributed by atoms with Crippen molar-refractivity contribution in [3.63, 3.8) is 0 Å². The highest BCUT2D eigenvalue weighted by Gasteiger charge is 2.53. The quantitative estimate of drug-likeness (QED) is 0.736. The van der Waals surface area contributed by atoms with Crippen LogP contribution in [-0.4, -0.2) is 13.1 Å². The topological polar surface area (TPSA) is 12.0 Å². The van der Waals surface area contributed by atoms with Crippen molar-refractivity contribution in [2.75, 3.05) is 13.1 Å². The second-order valence-corrected chi connectivity index (χ2v) is 9.61. The van der Waals surface area contributed by atoms with E-state index in [1.807, 2.05) is 0 Å². The van der Waals surface area contributed by atoms with Crippen molar-refractivity contribution < 1.29 is 0 Å². The van der Waals surface area contributed by atoms with E-state index in [0.717, 1.165) is 35.5 Å². The number of fused-ring (bicyclic) bond motifs is 4. The van der Waals surface area contributed by atoms with E-state index < -0.39 is 0 Å². The Morgan fingerprint density at radius 2 is 1.86 bits per heavy atom. The largest absolute Gasteiger partial charge is 0.316 e. The van der Waals surface area contributed by atoms with Gasteiger partial charge in [0.1, 0.15) is 0 Å². The van der Waals surface area contributed by atoms with E-state index in [-0.39, 0.29) is 0 Å². The van der Waals surface area contributed by atoms with Crippen LogP contribution in [0.5, 0.6) is 0 Å². The van der Waals surface area contributed by atoms with Gasteiger partial charge in [0.05, 0.1) is 0 Å². The van der Waals surface area contributed by atoms with Crippen molar-refractivity contribution in [2.45, 2.75) is 71.6 Å². The summed E-state index contributed by atoms with van der Waals surface area (Å²) in [7, 11) is 0. The zero-order chi connectivity index (χ0) is 14.4. The van der Waals surface area contributed by atoms with Crippen LogP contribution in [-0.2, 0) is 0 Å². The average molecular weight is 290 g/mol. The predicted molar refractivity (Wildman–Crippen MR) is 89.1 cm³/mol. The van der Waals surface area contributed by atoms with Gasteiger partial charge in [0.2, 0.25) is 0 Å². The molecule has 0 aromatic rings. The Labute approximate surface area is 131 Å². The summed E-state index contributed by atoms with van der Waals surface area (Å²) in [5.74, 6) is 6.30. The van der Waals surface area contributed by atoms with Crippen LogP contribution in [0.4, 0.5) is 0 Å². The van der Waals surface area contributed by atoms with Crippen molar-refractivity contribution in [1.82, 2.24) is 5.32 Å². The summed E-state index contributed by atoms with van der Waals surface area (Å²) in [4.78, 5) is 0. The average Bonchev–Trinajstić information content (AvgIpc) is 3.17. The molecule has 4 fully saturated rings. The standard InChI is InChI=1S/C20H35N/c1-14(2)12-21-13-20(10-16-4-6-19(20)9-16)11-18-8-15-3-5-17(18)7-15/h14-19,21H,3-13H2,1-2H3. The summed E-state index contributed by atoms with van der Waals surface area (Å²) in [6, 6.07) is 0. The van der Waals surface area contributed by atoms with Crippen molar-refractivity contribution in [3.8, 4) is 0 Å². The van der Waals surface area contributed by atoms with E-state index in [2.05, 4.69) is 19.2 Å². The summed E-state index contributed by atoms with van der Waals surface area (Å²) in [6.45, 7) is 7.24. The minimum Gasteiger partial charge on any atom is -0.316 e. The third kappa shape index (κ3) is 2.69. The van der Waals surface area contributed by atoms with E-state index in [9.17, 15) is 0 Å². The Kier molecular flexibility index (Phi) is 3.84. The van der Waals surface area contributed by atoms with Crippen molar-refractivity contribution >= 4 is 0 Å². The maximum atomic E-state index is 3.87. The fourth-order valence-electron chi connectivity index (χ4n) is 6.86. The van der Waals surface area contributed by atoms with Crippen LogP contribution in [0, 0.1) is 40.9 Å². The number of hydrogen-bond acceptors (Lipinski definition) is 1. The summed E-state index contributed by atoms with van der Waals surface area (Å²) in [5, 5.41) is 3.87. The van der Waals surface area contributed by atoms with Crippen LogP contribution in [0.25, 0.3) is 0 Å². The lowest BCUT2D eigenvalue weighted by molar-refractivity contribution is 0.0960. The molecule has 0 aromatic carbocycles. The molecule has 1 nitrogen and oxygen atoms in total. The molecule has 0 amide bonds. The van der Waals surface area contributed by atoms with E-state index in [0.29, 0.717) is 5.41 Å². The normalized spacial score (nSPS) is 47.9. The Morgan fingerprint density at radius 3 is 2.43 bits per heavy atom. The Bertz CT molecular complexity index is 376. The highest BCUT2D eigenvalue weighted by molar-refractivity contribution is 5.04. The summed E-state index contributed by atoms with van der Waals surface area (Å²) >= 11 is 0. The van der Waals surface area contributed by atoms with Gasteiger partial charge in [-0.3, -0.25) is 0 Å². The molecule has 21 heavy (non-hydrogen) atoms. The first-order valence-electron chi connectivity index (χ1n) is 9.85. The molecule has 0 saturated heterocycles. The van der Waals surface area contributed by atoms with Gasteiger partial charge in [-0.15, -0.1) is 0 Å². The Hall–Kier alpha value is -0.0400. The first kappa shape index (κ1) is 14.5. The van der Waals surface area contributed by atoms with Gasteiger partial charge >= 0.3 is 0 Å². The maximum Gasteiger partial charge on any atom is 0.00108 e. The summed E-state index contributed by atoms with van der Waals surface area (Å²) in [5.41, 5.74) is 0.701. The smallest absolute Gasteiger partial charge is 0.00108 e. The van der Waals surface area contributed by atoms with Crippen LogP contribution < -0.4 is 5.32 Å². The van der Waals surface area contributed by atoms with Gasteiger partial charge in [0.25, 0.3) is 0 Å². The van der Waals surface area contributed by atoms with E-state index >= 15 is 0 Å². The molecule has 4 saturated carbocycles. The first-order valence-corrected chi connectivity index (χ1v) is 9.85. The van der Waals surface area contributed by atoms with Gasteiger partial charge in [-0.1, -0.05) is 26.7 Å². The highest BCUT2D eigenvalue weighted by Crippen LogP contribution is 2.61. The van der Waals surface area contributed by atoms with Crippen LogP contribution in [0.1, 0.15) is 71.6 Å². The predicted octanol–water partition coefficient (Wildman–Crippen LogP) is 4.86. The Balaban J connectivity index is 1.43. The molecule has 4 aliphatic carbocycles. The molecule has 0 spiro atoms. The molecule has 1 heteroatoms. The van der Waals surface area contributed by atoms with Crippen LogP contribution in [0.3, 0.4) is 0 Å². The van der Waals surface area contributed by atoms with Gasteiger partial charge < -0.3 is 5.32 Å². The molecule has 0 heterocycles. The first-order chi connectivity index (χ1) is 10.1. The molecule has 6 atom stereocenters. The van der Waals surface area contributed by atoms with Crippen molar-refractivity contribution in [3.05, 3.63) is 0 Å². The lowest BCUT2D eigenvalue weighted by Gasteiger charge is -2.42. The summed E-state index contributed by atoms with van der Waals surface area (Å²) < 4.78 is 0. The molecular formula is C20H35N. The molecule has 0 aromatic heterocycles. The molecule has 4 bridgehead atoms. The second-order valence-electron chi connectivity index (χ2n) is 9.61. The van der Waals surface area contributed by atoms with Crippen molar-refractivity contribution in [1.29, 1.82) is 0 Å². The SMILES string of the molecule is CC(C)CNCC1(CC2CC3CCC2C3)CC2CCC1C2. The zero-order valence-electron chi connectivity index (χ0n) is 14.2. The Morgan fingerprint density at radius 1 is 1.00 bits per heavy atom. The minimum atomic E-state index is 0.701. The third-order valence-corrected chi connectivity index (χ3v) is 7.69. The lowest BCUT2D eigenvalue weighted by Crippen LogP contribution is -2.41. The van der Waals surface area contributed by atoms with E-state index in [1.165, 1.54) is 13.1 Å². The fourth-order valence-corrected chi connectivity index (χ4v) is 6.86. The number of rotatable bonds is 6. The van der Waals surface area contributed by atoms with Gasteiger partial charge in [-0.2, -0.15) is 0 Å². The highest BCUT2D eigenvalue weighted by atomic mass is 14.9. The second kappa shape index (κ2) is 5.55. The van der Waals surface area contributed by atoms with Crippen molar-refractivity contribution in [2.24, 2.45) is 40.9 Å². The molecular weight excluding hydrogens is 254 g/mol. The number of nitrogens with one attached hydrogen (secondary N) is 1. The summed E-state index contributed by atoms with van der Waals surface area (Å²) in [6.07, 6.45) is 14.1. The lowest BCUT2D eigenvalue weighted by atomic mass is 9.65. The molecule has 1 N–H and O–H groups in total. The van der Waals surface area contributed by atoms with Crippen LogP contribution in [0.15, 0.2) is 0 Å². The molecule has 6 unspecified atom stereocenters. The maximum absolute atomic E-state index is 3.87. The van der Waals surface area contributed by atoms with Gasteiger partial charge in [-0.25, -0.2) is 0 Å².